The first kappa shape index (κ1) is 12.6. The first-order chi connectivity index (χ1) is 7.56. The molecule has 0 aliphatic carbocycles. The van der Waals surface area contributed by atoms with Crippen LogP contribution >= 0.6 is 0 Å². The molecule has 0 spiro atoms. The standard InChI is InChI=1S/C13H20N2O/c1-5-9-15(4)13(16)14-12-10(2)7-6-8-11(12)3/h6-8H,5,9H2,1-4H3,(H,14,16). The summed E-state index contributed by atoms with van der Waals surface area (Å²) < 4.78 is 0. The fraction of sp³-hybridized carbons (Fsp3) is 0.462. The van der Waals surface area contributed by atoms with Gasteiger partial charge in [0.1, 0.15) is 0 Å². The SMILES string of the molecule is CCCN(C)C(=O)Nc1c(C)cccc1C. The smallest absolute Gasteiger partial charge is 0.321 e. The predicted molar refractivity (Wildman–Crippen MR) is 67.9 cm³/mol. The van der Waals surface area contributed by atoms with Crippen LogP contribution in [-0.2, 0) is 0 Å². The summed E-state index contributed by atoms with van der Waals surface area (Å²) in [6, 6.07) is 5.96. The number of benzene rings is 1. The van der Waals surface area contributed by atoms with Gasteiger partial charge in [0.15, 0.2) is 0 Å². The Kier molecular flexibility index (Phi) is 4.35. The van der Waals surface area contributed by atoms with E-state index in [0.717, 1.165) is 29.8 Å². The number of nitrogens with one attached hydrogen (secondary N) is 1. The van der Waals surface area contributed by atoms with Crippen molar-refractivity contribution < 1.29 is 4.79 Å². The number of urea groups is 1. The Morgan fingerprint density at radius 3 is 2.38 bits per heavy atom. The lowest BCUT2D eigenvalue weighted by Gasteiger charge is -2.19. The van der Waals surface area contributed by atoms with Gasteiger partial charge in [0, 0.05) is 19.3 Å². The zero-order valence-electron chi connectivity index (χ0n) is 10.5. The first-order valence-corrected chi connectivity index (χ1v) is 5.64. The van der Waals surface area contributed by atoms with E-state index in [2.05, 4.69) is 12.2 Å². The van der Waals surface area contributed by atoms with Crippen LogP contribution in [0.2, 0.25) is 0 Å². The molecule has 2 amide bonds. The fourth-order valence-corrected chi connectivity index (χ4v) is 1.65. The van der Waals surface area contributed by atoms with Gasteiger partial charge in [-0.05, 0) is 31.4 Å². The summed E-state index contributed by atoms with van der Waals surface area (Å²) in [4.78, 5) is 13.5. The van der Waals surface area contributed by atoms with Gasteiger partial charge in [-0.2, -0.15) is 0 Å². The lowest BCUT2D eigenvalue weighted by Crippen LogP contribution is -2.32. The molecule has 0 aliphatic rings. The molecule has 0 fully saturated rings. The number of rotatable bonds is 3. The lowest BCUT2D eigenvalue weighted by atomic mass is 10.1. The highest BCUT2D eigenvalue weighted by molar-refractivity contribution is 5.90. The zero-order valence-corrected chi connectivity index (χ0v) is 10.5. The quantitative estimate of drug-likeness (QED) is 0.833. The third kappa shape index (κ3) is 2.99. The third-order valence-electron chi connectivity index (χ3n) is 2.62. The average Bonchev–Trinajstić information content (AvgIpc) is 2.23. The molecule has 1 N–H and O–H groups in total. The van der Waals surface area contributed by atoms with Crippen LogP contribution in [0.3, 0.4) is 0 Å². The molecule has 0 aliphatic heterocycles. The van der Waals surface area contributed by atoms with Gasteiger partial charge >= 0.3 is 6.03 Å². The lowest BCUT2D eigenvalue weighted by molar-refractivity contribution is 0.222. The van der Waals surface area contributed by atoms with Gasteiger partial charge in [0.05, 0.1) is 0 Å². The largest absolute Gasteiger partial charge is 0.328 e. The number of amides is 2. The maximum Gasteiger partial charge on any atom is 0.321 e. The van der Waals surface area contributed by atoms with Crippen LogP contribution in [0, 0.1) is 13.8 Å². The summed E-state index contributed by atoms with van der Waals surface area (Å²) in [5.41, 5.74) is 3.12. The Morgan fingerprint density at radius 2 is 1.88 bits per heavy atom. The molecule has 0 radical (unpaired) electrons. The molecule has 0 atom stereocenters. The summed E-state index contributed by atoms with van der Waals surface area (Å²) >= 11 is 0. The normalized spacial score (nSPS) is 10.0. The molecule has 0 heterocycles. The second-order valence-electron chi connectivity index (χ2n) is 4.12. The number of anilines is 1. The van der Waals surface area contributed by atoms with Gasteiger partial charge in [0.2, 0.25) is 0 Å². The predicted octanol–water partition coefficient (Wildman–Crippen LogP) is 3.18. The summed E-state index contributed by atoms with van der Waals surface area (Å²) in [7, 11) is 1.81. The van der Waals surface area contributed by atoms with Crippen molar-refractivity contribution in [2.75, 3.05) is 18.9 Å². The minimum absolute atomic E-state index is 0.0424. The fourth-order valence-electron chi connectivity index (χ4n) is 1.65. The van der Waals surface area contributed by atoms with Gasteiger partial charge < -0.3 is 10.2 Å². The Hall–Kier alpha value is -1.51. The van der Waals surface area contributed by atoms with E-state index in [-0.39, 0.29) is 6.03 Å². The molecule has 3 heteroatoms. The van der Waals surface area contributed by atoms with E-state index in [1.807, 2.05) is 39.1 Å². The highest BCUT2D eigenvalue weighted by atomic mass is 16.2. The molecule has 3 nitrogen and oxygen atoms in total. The second-order valence-corrected chi connectivity index (χ2v) is 4.12. The molecule has 1 aromatic rings. The first-order valence-electron chi connectivity index (χ1n) is 5.64. The van der Waals surface area contributed by atoms with Crippen LogP contribution in [0.1, 0.15) is 24.5 Å². The Morgan fingerprint density at radius 1 is 1.31 bits per heavy atom. The third-order valence-corrected chi connectivity index (χ3v) is 2.62. The molecular formula is C13H20N2O. The minimum atomic E-state index is -0.0424. The van der Waals surface area contributed by atoms with Gasteiger partial charge in [0.25, 0.3) is 0 Å². The van der Waals surface area contributed by atoms with Gasteiger partial charge in [-0.1, -0.05) is 25.1 Å². The van der Waals surface area contributed by atoms with Crippen molar-refractivity contribution in [1.82, 2.24) is 4.90 Å². The van der Waals surface area contributed by atoms with E-state index in [1.165, 1.54) is 0 Å². The molecule has 0 aromatic heterocycles. The molecular weight excluding hydrogens is 200 g/mol. The Balaban J connectivity index is 2.77. The Labute approximate surface area is 97.5 Å². The van der Waals surface area contributed by atoms with Crippen LogP contribution in [0.5, 0.6) is 0 Å². The van der Waals surface area contributed by atoms with E-state index in [9.17, 15) is 4.79 Å². The molecule has 88 valence electrons. The van der Waals surface area contributed by atoms with Crippen molar-refractivity contribution in [2.24, 2.45) is 0 Å². The summed E-state index contributed by atoms with van der Waals surface area (Å²) in [6.45, 7) is 6.84. The van der Waals surface area contributed by atoms with E-state index >= 15 is 0 Å². The molecule has 0 bridgehead atoms. The molecule has 1 aromatic carbocycles. The second kappa shape index (κ2) is 5.54. The number of para-hydroxylation sites is 1. The van der Waals surface area contributed by atoms with E-state index < -0.39 is 0 Å². The highest BCUT2D eigenvalue weighted by Crippen LogP contribution is 2.19. The van der Waals surface area contributed by atoms with E-state index in [0.29, 0.717) is 0 Å². The monoisotopic (exact) mass is 220 g/mol. The van der Waals surface area contributed by atoms with Crippen LogP contribution in [0.4, 0.5) is 10.5 Å². The number of nitrogens with zero attached hydrogens (tertiary/aromatic N) is 1. The number of aryl methyl sites for hydroxylation is 2. The molecule has 0 saturated carbocycles. The number of carbonyl (C=O) groups excluding carboxylic acids is 1. The van der Waals surface area contributed by atoms with Crippen molar-refractivity contribution in [3.63, 3.8) is 0 Å². The number of hydrogen-bond acceptors (Lipinski definition) is 1. The van der Waals surface area contributed by atoms with E-state index in [4.69, 9.17) is 0 Å². The number of carbonyl (C=O) groups is 1. The van der Waals surface area contributed by atoms with Crippen LogP contribution in [0.25, 0.3) is 0 Å². The van der Waals surface area contributed by atoms with Crippen molar-refractivity contribution in [3.05, 3.63) is 29.3 Å². The Bertz CT molecular complexity index is 354. The highest BCUT2D eigenvalue weighted by Gasteiger charge is 2.10. The maximum absolute atomic E-state index is 11.8. The average molecular weight is 220 g/mol. The van der Waals surface area contributed by atoms with Gasteiger partial charge in [-0.15, -0.1) is 0 Å². The van der Waals surface area contributed by atoms with Crippen molar-refractivity contribution in [1.29, 1.82) is 0 Å². The summed E-state index contributed by atoms with van der Waals surface area (Å²) in [5.74, 6) is 0. The van der Waals surface area contributed by atoms with Crippen LogP contribution in [-0.4, -0.2) is 24.5 Å². The zero-order chi connectivity index (χ0) is 12.1. The molecule has 0 saturated heterocycles. The topological polar surface area (TPSA) is 32.3 Å². The van der Waals surface area contributed by atoms with Crippen molar-refractivity contribution in [3.8, 4) is 0 Å². The van der Waals surface area contributed by atoms with Crippen molar-refractivity contribution in [2.45, 2.75) is 27.2 Å². The van der Waals surface area contributed by atoms with Gasteiger partial charge in [-0.3, -0.25) is 0 Å². The minimum Gasteiger partial charge on any atom is -0.328 e. The summed E-state index contributed by atoms with van der Waals surface area (Å²) in [6.07, 6.45) is 0.969. The van der Waals surface area contributed by atoms with Crippen molar-refractivity contribution >= 4 is 11.7 Å². The maximum atomic E-state index is 11.8. The molecule has 16 heavy (non-hydrogen) atoms. The number of hydrogen-bond donors (Lipinski definition) is 1. The summed E-state index contributed by atoms with van der Waals surface area (Å²) in [5, 5.41) is 2.95. The van der Waals surface area contributed by atoms with Crippen LogP contribution < -0.4 is 5.32 Å². The molecule has 1 rings (SSSR count). The van der Waals surface area contributed by atoms with Crippen LogP contribution in [0.15, 0.2) is 18.2 Å². The molecule has 0 unspecified atom stereocenters. The van der Waals surface area contributed by atoms with Gasteiger partial charge in [-0.25, -0.2) is 4.79 Å². The van der Waals surface area contributed by atoms with E-state index in [1.54, 1.807) is 4.90 Å².